The smallest absolute Gasteiger partial charge is 0.326 e. The zero-order valence-corrected chi connectivity index (χ0v) is 19.6. The molecule has 1 aliphatic rings. The Bertz CT molecular complexity index is 928. The van der Waals surface area contributed by atoms with Gasteiger partial charge in [-0.2, -0.15) is 0 Å². The molecule has 33 heavy (non-hydrogen) atoms. The Morgan fingerprint density at radius 1 is 1.12 bits per heavy atom. The molecule has 2 N–H and O–H groups in total. The van der Waals surface area contributed by atoms with Crippen LogP contribution >= 0.6 is 0 Å². The fourth-order valence-electron chi connectivity index (χ4n) is 4.32. The fraction of sp³-hybridized carbons (Fsp3) is 0.462. The quantitative estimate of drug-likeness (QED) is 0.527. The molecule has 0 aliphatic carbocycles. The molecule has 178 valence electrons. The number of carboxylic acids is 1. The third-order valence-electron chi connectivity index (χ3n) is 6.16. The number of methoxy groups -OCH3 is 2. The van der Waals surface area contributed by atoms with Gasteiger partial charge < -0.3 is 24.6 Å². The maximum Gasteiger partial charge on any atom is 0.326 e. The van der Waals surface area contributed by atoms with Gasteiger partial charge >= 0.3 is 5.97 Å². The molecule has 2 aromatic rings. The van der Waals surface area contributed by atoms with Crippen LogP contribution in [0.1, 0.15) is 44.6 Å². The van der Waals surface area contributed by atoms with Crippen LogP contribution in [-0.4, -0.2) is 49.5 Å². The van der Waals surface area contributed by atoms with E-state index < -0.39 is 17.6 Å². The number of ether oxygens (including phenoxy) is 3. The zero-order valence-electron chi connectivity index (χ0n) is 19.6. The van der Waals surface area contributed by atoms with Crippen molar-refractivity contribution in [2.45, 2.75) is 57.1 Å². The minimum atomic E-state index is -1.07. The van der Waals surface area contributed by atoms with Crippen LogP contribution in [-0.2, 0) is 20.7 Å². The number of unbranched alkanes of at least 4 members (excludes halogenated alkanes) is 1. The lowest BCUT2D eigenvalue weighted by Crippen LogP contribution is -2.52. The minimum absolute atomic E-state index is 0.175. The van der Waals surface area contributed by atoms with E-state index in [0.29, 0.717) is 30.9 Å². The van der Waals surface area contributed by atoms with Gasteiger partial charge in [0.1, 0.15) is 23.1 Å². The molecule has 1 saturated heterocycles. The van der Waals surface area contributed by atoms with E-state index in [1.165, 1.54) is 0 Å². The van der Waals surface area contributed by atoms with Gasteiger partial charge in [-0.15, -0.1) is 0 Å². The third kappa shape index (κ3) is 5.66. The summed E-state index contributed by atoms with van der Waals surface area (Å²) >= 11 is 0. The number of carbonyl (C=O) groups excluding carboxylic acids is 1. The van der Waals surface area contributed by atoms with Crippen LogP contribution in [0.2, 0.25) is 0 Å². The molecule has 1 amide bonds. The Labute approximate surface area is 195 Å². The van der Waals surface area contributed by atoms with E-state index in [0.717, 1.165) is 36.0 Å². The van der Waals surface area contributed by atoms with Gasteiger partial charge in [0.2, 0.25) is 0 Å². The molecule has 1 heterocycles. The number of amides is 1. The summed E-state index contributed by atoms with van der Waals surface area (Å²) < 4.78 is 16.8. The van der Waals surface area contributed by atoms with Crippen molar-refractivity contribution in [1.29, 1.82) is 0 Å². The maximum atomic E-state index is 13.0. The molecule has 1 fully saturated rings. The molecule has 0 spiro atoms. The summed E-state index contributed by atoms with van der Waals surface area (Å²) in [6.07, 6.45) is 4.03. The molecule has 2 aromatic carbocycles. The molecule has 7 heteroatoms. The highest BCUT2D eigenvalue weighted by atomic mass is 16.5. The van der Waals surface area contributed by atoms with Crippen molar-refractivity contribution >= 4 is 11.9 Å². The van der Waals surface area contributed by atoms with E-state index in [-0.39, 0.29) is 12.3 Å². The second kappa shape index (κ2) is 11.2. The Morgan fingerprint density at radius 2 is 1.79 bits per heavy atom. The lowest BCUT2D eigenvalue weighted by Gasteiger charge is -2.28. The summed E-state index contributed by atoms with van der Waals surface area (Å²) in [5.74, 6) is -0.0166. The third-order valence-corrected chi connectivity index (χ3v) is 6.16. The normalized spacial score (nSPS) is 18.5. The lowest BCUT2D eigenvalue weighted by molar-refractivity contribution is -0.149. The van der Waals surface area contributed by atoms with Gasteiger partial charge in [0.25, 0.3) is 5.91 Å². The van der Waals surface area contributed by atoms with E-state index in [1.807, 2.05) is 42.5 Å². The number of hydrogen-bond acceptors (Lipinski definition) is 5. The fourth-order valence-corrected chi connectivity index (χ4v) is 4.32. The van der Waals surface area contributed by atoms with Crippen LogP contribution in [0, 0.1) is 0 Å². The highest BCUT2D eigenvalue weighted by Gasteiger charge is 2.43. The summed E-state index contributed by atoms with van der Waals surface area (Å²) in [5, 5.41) is 12.5. The molecule has 0 unspecified atom stereocenters. The summed E-state index contributed by atoms with van der Waals surface area (Å²) in [6.45, 7) is 2.59. The second-order valence-electron chi connectivity index (χ2n) is 8.35. The highest BCUT2D eigenvalue weighted by molar-refractivity contribution is 5.89. The van der Waals surface area contributed by atoms with Gasteiger partial charge in [-0.05, 0) is 42.5 Å². The summed E-state index contributed by atoms with van der Waals surface area (Å²) in [4.78, 5) is 25.0. The Hall–Kier alpha value is -3.06. The summed E-state index contributed by atoms with van der Waals surface area (Å²) in [5.41, 5.74) is 1.61. The first kappa shape index (κ1) is 24.6. The molecular weight excluding hydrogens is 422 g/mol. The van der Waals surface area contributed by atoms with Crippen molar-refractivity contribution in [2.24, 2.45) is 0 Å². The number of aliphatic carboxylic acids is 1. The molecule has 7 nitrogen and oxygen atoms in total. The van der Waals surface area contributed by atoms with Crippen molar-refractivity contribution < 1.29 is 28.9 Å². The number of carbonyl (C=O) groups is 2. The van der Waals surface area contributed by atoms with Gasteiger partial charge in [0.05, 0.1) is 19.8 Å². The number of hydrogen-bond donors (Lipinski definition) is 2. The van der Waals surface area contributed by atoms with E-state index >= 15 is 0 Å². The second-order valence-corrected chi connectivity index (χ2v) is 8.35. The van der Waals surface area contributed by atoms with Gasteiger partial charge in [-0.1, -0.05) is 50.1 Å². The van der Waals surface area contributed by atoms with Gasteiger partial charge in [0.15, 0.2) is 0 Å². The predicted molar refractivity (Wildman–Crippen MR) is 126 cm³/mol. The average Bonchev–Trinajstić information content (AvgIpc) is 3.32. The van der Waals surface area contributed by atoms with Crippen molar-refractivity contribution in [3.63, 3.8) is 0 Å². The van der Waals surface area contributed by atoms with E-state index in [1.54, 1.807) is 14.2 Å². The van der Waals surface area contributed by atoms with Crippen LogP contribution in [0.25, 0.3) is 11.1 Å². The molecule has 0 saturated carbocycles. The molecular formula is C26H33NO6. The number of rotatable bonds is 11. The largest absolute Gasteiger partial charge is 0.496 e. The number of nitrogens with one attached hydrogen (secondary N) is 1. The summed E-state index contributed by atoms with van der Waals surface area (Å²) in [6, 6.07) is 12.1. The zero-order chi connectivity index (χ0) is 23.8. The molecule has 0 aromatic heterocycles. The molecule has 3 rings (SSSR count). The van der Waals surface area contributed by atoms with Crippen LogP contribution in [0.3, 0.4) is 0 Å². The highest BCUT2D eigenvalue weighted by Crippen LogP contribution is 2.38. The monoisotopic (exact) mass is 455 g/mol. The van der Waals surface area contributed by atoms with Crippen molar-refractivity contribution in [3.8, 4) is 22.6 Å². The Morgan fingerprint density at radius 3 is 2.30 bits per heavy atom. The first-order chi connectivity index (χ1) is 15.9. The molecule has 0 bridgehead atoms. The van der Waals surface area contributed by atoms with E-state index in [4.69, 9.17) is 14.2 Å². The van der Waals surface area contributed by atoms with Crippen LogP contribution in [0.4, 0.5) is 0 Å². The van der Waals surface area contributed by atoms with Crippen LogP contribution in [0.15, 0.2) is 42.5 Å². The minimum Gasteiger partial charge on any atom is -0.496 e. The van der Waals surface area contributed by atoms with Crippen molar-refractivity contribution in [2.75, 3.05) is 20.8 Å². The first-order valence-electron chi connectivity index (χ1n) is 11.4. The van der Waals surface area contributed by atoms with Crippen LogP contribution < -0.4 is 14.8 Å². The average molecular weight is 456 g/mol. The molecule has 2 atom stereocenters. The first-order valence-corrected chi connectivity index (χ1v) is 11.4. The van der Waals surface area contributed by atoms with Crippen molar-refractivity contribution in [3.05, 3.63) is 48.0 Å². The molecule has 1 aliphatic heterocycles. The van der Waals surface area contributed by atoms with Gasteiger partial charge in [0, 0.05) is 13.0 Å². The Balaban J connectivity index is 1.76. The SMILES string of the molecule is CCCC[C@]1(C(=O)N[C@@H](Cc2ccc(-c3c(OC)cccc3OC)cc2)C(=O)O)CCCO1. The summed E-state index contributed by atoms with van der Waals surface area (Å²) in [7, 11) is 3.21. The van der Waals surface area contributed by atoms with Crippen LogP contribution in [0.5, 0.6) is 11.5 Å². The topological polar surface area (TPSA) is 94.1 Å². The molecule has 0 radical (unpaired) electrons. The van der Waals surface area contributed by atoms with Gasteiger partial charge in [-0.3, -0.25) is 4.79 Å². The number of benzene rings is 2. The lowest BCUT2D eigenvalue weighted by atomic mass is 9.91. The standard InChI is InChI=1S/C26H33NO6/c1-4-5-14-26(15-7-16-33-26)25(30)27-20(24(28)29)17-18-10-12-19(13-11-18)23-21(31-2)8-6-9-22(23)32-3/h6,8-13,20H,4-5,7,14-17H2,1-3H3,(H,27,30)(H,28,29)/t20-,26+/m0/s1. The van der Waals surface area contributed by atoms with E-state index in [9.17, 15) is 14.7 Å². The van der Waals surface area contributed by atoms with Gasteiger partial charge in [-0.25, -0.2) is 4.79 Å². The predicted octanol–water partition coefficient (Wildman–Crippen LogP) is 4.22. The Kier molecular flexibility index (Phi) is 8.33. The number of carboxylic acid groups (broad SMARTS) is 1. The van der Waals surface area contributed by atoms with E-state index in [2.05, 4.69) is 12.2 Å². The van der Waals surface area contributed by atoms with Crippen molar-refractivity contribution in [1.82, 2.24) is 5.32 Å². The maximum absolute atomic E-state index is 13.0.